The highest BCUT2D eigenvalue weighted by Gasteiger charge is 2.30. The fraction of sp³-hybridized carbons (Fsp3) is 0.263. The molecular weight excluding hydrogens is 354 g/mol. The molecule has 3 rings (SSSR count). The van der Waals surface area contributed by atoms with Crippen LogP contribution in [0.2, 0.25) is 5.02 Å². The summed E-state index contributed by atoms with van der Waals surface area (Å²) in [7, 11) is 0. The first kappa shape index (κ1) is 18.1. The van der Waals surface area contributed by atoms with Crippen LogP contribution < -0.4 is 15.8 Å². The van der Waals surface area contributed by atoms with Crippen molar-refractivity contribution in [3.63, 3.8) is 0 Å². The first-order valence-corrected chi connectivity index (χ1v) is 8.75. The van der Waals surface area contributed by atoms with Gasteiger partial charge in [-0.1, -0.05) is 23.7 Å². The smallest absolute Gasteiger partial charge is 0.322 e. The van der Waals surface area contributed by atoms with Gasteiger partial charge < -0.3 is 20.7 Å². The number of benzene rings is 2. The molecule has 0 bridgehead atoms. The van der Waals surface area contributed by atoms with Gasteiger partial charge in [-0.2, -0.15) is 0 Å². The Kier molecular flexibility index (Phi) is 5.63. The Labute approximate surface area is 156 Å². The van der Waals surface area contributed by atoms with E-state index in [0.717, 1.165) is 18.4 Å². The number of hydrogen-bond acceptors (Lipinski definition) is 3. The predicted molar refractivity (Wildman–Crippen MR) is 100 cm³/mol. The van der Waals surface area contributed by atoms with Crippen LogP contribution in [0, 0.1) is 0 Å². The highest BCUT2D eigenvalue weighted by atomic mass is 35.5. The summed E-state index contributed by atoms with van der Waals surface area (Å²) in [6.07, 6.45) is 1.86. The zero-order valence-electron chi connectivity index (χ0n) is 14.2. The monoisotopic (exact) mass is 373 g/mol. The summed E-state index contributed by atoms with van der Waals surface area (Å²) in [5, 5.41) is 3.56. The van der Waals surface area contributed by atoms with E-state index in [2.05, 4.69) is 5.32 Å². The minimum Gasteiger partial charge on any atom is -0.484 e. The second-order valence-corrected chi connectivity index (χ2v) is 6.55. The Morgan fingerprint density at radius 3 is 2.69 bits per heavy atom. The number of anilines is 1. The minimum absolute atomic E-state index is 0.0203. The van der Waals surface area contributed by atoms with Crippen LogP contribution in [0.3, 0.4) is 0 Å². The normalized spacial score (nSPS) is 16.3. The number of amides is 3. The number of rotatable bonds is 5. The van der Waals surface area contributed by atoms with Gasteiger partial charge in [-0.3, -0.25) is 4.79 Å². The standard InChI is InChI=1S/C19H20ClN3O3/c20-14-4-1-3-13(11-14)17-5-2-10-23(17)19(25)22-15-6-8-16(9-7-15)26-12-18(21)24/h1,3-4,6-9,11,17H,2,5,10,12H2,(H2,21,24)(H,22,25). The molecule has 0 radical (unpaired) electrons. The third-order valence-electron chi connectivity index (χ3n) is 4.23. The molecule has 1 saturated heterocycles. The van der Waals surface area contributed by atoms with Gasteiger partial charge >= 0.3 is 6.03 Å². The molecule has 7 heteroatoms. The lowest BCUT2D eigenvalue weighted by atomic mass is 10.1. The lowest BCUT2D eigenvalue weighted by Gasteiger charge is -2.25. The van der Waals surface area contributed by atoms with Gasteiger partial charge in [0.25, 0.3) is 5.91 Å². The van der Waals surface area contributed by atoms with Crippen LogP contribution in [0.15, 0.2) is 48.5 Å². The number of ether oxygens (including phenoxy) is 1. The van der Waals surface area contributed by atoms with E-state index >= 15 is 0 Å². The van der Waals surface area contributed by atoms with Crippen LogP contribution in [0.4, 0.5) is 10.5 Å². The fourth-order valence-corrected chi connectivity index (χ4v) is 3.25. The molecule has 0 aliphatic carbocycles. The van der Waals surface area contributed by atoms with E-state index in [0.29, 0.717) is 23.0 Å². The largest absolute Gasteiger partial charge is 0.484 e. The molecule has 1 aliphatic heterocycles. The third kappa shape index (κ3) is 4.46. The van der Waals surface area contributed by atoms with Crippen molar-refractivity contribution in [2.24, 2.45) is 5.73 Å². The number of nitrogens with two attached hydrogens (primary N) is 1. The lowest BCUT2D eigenvalue weighted by Crippen LogP contribution is -2.34. The minimum atomic E-state index is -0.538. The van der Waals surface area contributed by atoms with E-state index in [9.17, 15) is 9.59 Å². The van der Waals surface area contributed by atoms with Crippen molar-refractivity contribution in [1.82, 2.24) is 4.90 Å². The van der Waals surface area contributed by atoms with Crippen LogP contribution in [0.25, 0.3) is 0 Å². The van der Waals surface area contributed by atoms with Crippen LogP contribution in [-0.2, 0) is 4.79 Å². The molecule has 1 unspecified atom stereocenters. The topological polar surface area (TPSA) is 84.7 Å². The number of carbonyl (C=O) groups is 2. The number of carbonyl (C=O) groups excluding carboxylic acids is 2. The molecule has 6 nitrogen and oxygen atoms in total. The van der Waals surface area contributed by atoms with Gasteiger partial charge in [0, 0.05) is 17.3 Å². The van der Waals surface area contributed by atoms with Crippen molar-refractivity contribution < 1.29 is 14.3 Å². The lowest BCUT2D eigenvalue weighted by molar-refractivity contribution is -0.119. The maximum atomic E-state index is 12.7. The van der Waals surface area contributed by atoms with Crippen molar-refractivity contribution in [2.45, 2.75) is 18.9 Å². The molecule has 26 heavy (non-hydrogen) atoms. The first-order valence-electron chi connectivity index (χ1n) is 8.37. The molecule has 1 fully saturated rings. The number of nitrogens with one attached hydrogen (secondary N) is 1. The third-order valence-corrected chi connectivity index (χ3v) is 4.47. The SMILES string of the molecule is NC(=O)COc1ccc(NC(=O)N2CCCC2c2cccc(Cl)c2)cc1. The molecule has 136 valence electrons. The average Bonchev–Trinajstić information content (AvgIpc) is 3.11. The second-order valence-electron chi connectivity index (χ2n) is 6.12. The molecule has 0 saturated carbocycles. The number of hydrogen-bond donors (Lipinski definition) is 2. The van der Waals surface area contributed by atoms with E-state index in [1.807, 2.05) is 29.2 Å². The highest BCUT2D eigenvalue weighted by molar-refractivity contribution is 6.30. The van der Waals surface area contributed by atoms with Crippen molar-refractivity contribution in [3.8, 4) is 5.75 Å². The van der Waals surface area contributed by atoms with Crippen molar-refractivity contribution in [2.75, 3.05) is 18.5 Å². The van der Waals surface area contributed by atoms with Crippen LogP contribution in [0.1, 0.15) is 24.4 Å². The number of likely N-dealkylation sites (tertiary alicyclic amines) is 1. The molecular formula is C19H20ClN3O3. The average molecular weight is 374 g/mol. The molecule has 3 amide bonds. The van der Waals surface area contributed by atoms with Gasteiger partial charge in [-0.05, 0) is 54.8 Å². The maximum Gasteiger partial charge on any atom is 0.322 e. The van der Waals surface area contributed by atoms with E-state index in [4.69, 9.17) is 22.1 Å². The van der Waals surface area contributed by atoms with Crippen molar-refractivity contribution in [1.29, 1.82) is 0 Å². The van der Waals surface area contributed by atoms with Crippen LogP contribution >= 0.6 is 11.6 Å². The van der Waals surface area contributed by atoms with Gasteiger partial charge in [-0.25, -0.2) is 4.79 Å². The van der Waals surface area contributed by atoms with E-state index in [1.54, 1.807) is 24.3 Å². The zero-order valence-corrected chi connectivity index (χ0v) is 14.9. The molecule has 1 atom stereocenters. The number of urea groups is 1. The molecule has 2 aromatic rings. The Hall–Kier alpha value is -2.73. The summed E-state index contributed by atoms with van der Waals surface area (Å²) in [6, 6.07) is 14.3. The van der Waals surface area contributed by atoms with Crippen molar-refractivity contribution >= 4 is 29.2 Å². The quantitative estimate of drug-likeness (QED) is 0.840. The molecule has 3 N–H and O–H groups in total. The van der Waals surface area contributed by atoms with Gasteiger partial charge in [0.05, 0.1) is 6.04 Å². The maximum absolute atomic E-state index is 12.7. The Bertz CT molecular complexity index is 795. The highest BCUT2D eigenvalue weighted by Crippen LogP contribution is 2.33. The summed E-state index contributed by atoms with van der Waals surface area (Å²) < 4.78 is 5.20. The van der Waals surface area contributed by atoms with Gasteiger partial charge in [-0.15, -0.1) is 0 Å². The molecule has 0 spiro atoms. The molecule has 2 aromatic carbocycles. The van der Waals surface area contributed by atoms with Gasteiger partial charge in [0.2, 0.25) is 0 Å². The van der Waals surface area contributed by atoms with Gasteiger partial charge in [0.1, 0.15) is 5.75 Å². The second kappa shape index (κ2) is 8.10. The van der Waals surface area contributed by atoms with E-state index < -0.39 is 5.91 Å². The molecule has 1 heterocycles. The van der Waals surface area contributed by atoms with E-state index in [-0.39, 0.29) is 18.7 Å². The Balaban J connectivity index is 1.64. The summed E-state index contributed by atoms with van der Waals surface area (Å²) in [6.45, 7) is 0.517. The van der Waals surface area contributed by atoms with E-state index in [1.165, 1.54) is 0 Å². The molecule has 0 aromatic heterocycles. The fourth-order valence-electron chi connectivity index (χ4n) is 3.05. The number of nitrogens with zero attached hydrogens (tertiary/aromatic N) is 1. The van der Waals surface area contributed by atoms with Crippen molar-refractivity contribution in [3.05, 3.63) is 59.1 Å². The number of halogens is 1. The Morgan fingerprint density at radius 2 is 2.00 bits per heavy atom. The van der Waals surface area contributed by atoms with Gasteiger partial charge in [0.15, 0.2) is 6.61 Å². The summed E-state index contributed by atoms with van der Waals surface area (Å²) >= 11 is 6.08. The summed E-state index contributed by atoms with van der Waals surface area (Å²) in [4.78, 5) is 25.2. The predicted octanol–water partition coefficient (Wildman–Crippen LogP) is 3.57. The summed E-state index contributed by atoms with van der Waals surface area (Å²) in [5.41, 5.74) is 6.73. The Morgan fingerprint density at radius 1 is 1.23 bits per heavy atom. The van der Waals surface area contributed by atoms with Crippen LogP contribution in [-0.4, -0.2) is 30.0 Å². The van der Waals surface area contributed by atoms with Crippen LogP contribution in [0.5, 0.6) is 5.75 Å². The summed E-state index contributed by atoms with van der Waals surface area (Å²) in [5.74, 6) is -0.0248. The number of primary amides is 1. The first-order chi connectivity index (χ1) is 12.5. The zero-order chi connectivity index (χ0) is 18.5. The molecule has 1 aliphatic rings.